The summed E-state index contributed by atoms with van der Waals surface area (Å²) in [6, 6.07) is 0.712. The van der Waals surface area contributed by atoms with E-state index in [1.54, 1.807) is 0 Å². The lowest BCUT2D eigenvalue weighted by Crippen LogP contribution is -2.26. The van der Waals surface area contributed by atoms with E-state index in [2.05, 4.69) is 33.0 Å². The van der Waals surface area contributed by atoms with Gasteiger partial charge >= 0.3 is 0 Å². The first-order chi connectivity index (χ1) is 6.16. The minimum absolute atomic E-state index is 0.712. The topological polar surface area (TPSA) is 12.0 Å². The van der Waals surface area contributed by atoms with Crippen LogP contribution in [-0.4, -0.2) is 12.6 Å². The molecular formula is C12H27N. The Morgan fingerprint density at radius 2 is 1.69 bits per heavy atom. The van der Waals surface area contributed by atoms with Gasteiger partial charge in [-0.05, 0) is 32.2 Å². The van der Waals surface area contributed by atoms with Crippen molar-refractivity contribution in [2.45, 2.75) is 65.8 Å². The fraction of sp³-hybridized carbons (Fsp3) is 1.00. The van der Waals surface area contributed by atoms with Crippen molar-refractivity contribution < 1.29 is 0 Å². The highest BCUT2D eigenvalue weighted by molar-refractivity contribution is 4.59. The van der Waals surface area contributed by atoms with Crippen molar-refractivity contribution in [1.29, 1.82) is 0 Å². The van der Waals surface area contributed by atoms with E-state index in [0.717, 1.165) is 5.92 Å². The monoisotopic (exact) mass is 185 g/mol. The van der Waals surface area contributed by atoms with Crippen LogP contribution in [0.2, 0.25) is 0 Å². The summed E-state index contributed by atoms with van der Waals surface area (Å²) < 4.78 is 0. The van der Waals surface area contributed by atoms with Crippen LogP contribution in [0.15, 0.2) is 0 Å². The van der Waals surface area contributed by atoms with Gasteiger partial charge in [0.1, 0.15) is 0 Å². The highest BCUT2D eigenvalue weighted by Crippen LogP contribution is 2.05. The van der Waals surface area contributed by atoms with Crippen LogP contribution in [0.3, 0.4) is 0 Å². The maximum atomic E-state index is 3.56. The zero-order valence-electron chi connectivity index (χ0n) is 9.90. The van der Waals surface area contributed by atoms with Crippen molar-refractivity contribution in [3.05, 3.63) is 0 Å². The highest BCUT2D eigenvalue weighted by atomic mass is 14.9. The summed E-state index contributed by atoms with van der Waals surface area (Å²) in [5.74, 6) is 0.869. The second-order valence-electron chi connectivity index (χ2n) is 4.53. The fourth-order valence-electron chi connectivity index (χ4n) is 1.56. The van der Waals surface area contributed by atoms with E-state index in [1.807, 2.05) is 0 Å². The Morgan fingerprint density at radius 3 is 2.23 bits per heavy atom. The molecule has 0 aromatic heterocycles. The number of unbranched alkanes of at least 4 members (excludes halogenated alkanes) is 1. The maximum Gasteiger partial charge on any atom is 0.00386 e. The summed E-state index contributed by atoms with van der Waals surface area (Å²) in [6.07, 6.45) is 6.70. The van der Waals surface area contributed by atoms with Gasteiger partial charge in [0.05, 0.1) is 0 Å². The van der Waals surface area contributed by atoms with Crippen molar-refractivity contribution in [1.82, 2.24) is 5.32 Å². The van der Waals surface area contributed by atoms with E-state index in [-0.39, 0.29) is 0 Å². The molecule has 1 atom stereocenters. The number of hydrogen-bond acceptors (Lipinski definition) is 1. The molecule has 1 unspecified atom stereocenters. The van der Waals surface area contributed by atoms with Crippen LogP contribution in [0.5, 0.6) is 0 Å². The molecule has 0 aliphatic heterocycles. The summed E-state index contributed by atoms with van der Waals surface area (Å²) in [5.41, 5.74) is 0. The molecule has 0 aromatic rings. The van der Waals surface area contributed by atoms with Crippen molar-refractivity contribution in [3.8, 4) is 0 Å². The second kappa shape index (κ2) is 8.55. The summed E-state index contributed by atoms with van der Waals surface area (Å²) in [6.45, 7) is 10.3. The number of rotatable bonds is 8. The quantitative estimate of drug-likeness (QED) is 0.570. The van der Waals surface area contributed by atoms with E-state index in [0.29, 0.717) is 6.04 Å². The van der Waals surface area contributed by atoms with Crippen LogP contribution in [-0.2, 0) is 0 Å². The Bertz CT molecular complexity index is 99.3. The molecule has 1 nitrogen and oxygen atoms in total. The zero-order chi connectivity index (χ0) is 10.1. The van der Waals surface area contributed by atoms with Crippen LogP contribution >= 0.6 is 0 Å². The molecule has 0 rings (SSSR count). The van der Waals surface area contributed by atoms with Crippen LogP contribution in [0.25, 0.3) is 0 Å². The third-order valence-corrected chi connectivity index (χ3v) is 2.42. The molecule has 0 saturated heterocycles. The third-order valence-electron chi connectivity index (χ3n) is 2.42. The molecule has 0 aliphatic rings. The van der Waals surface area contributed by atoms with Crippen LogP contribution in [0.4, 0.5) is 0 Å². The molecule has 0 bridgehead atoms. The van der Waals surface area contributed by atoms with Gasteiger partial charge < -0.3 is 5.32 Å². The molecule has 1 heteroatoms. The third kappa shape index (κ3) is 9.88. The van der Waals surface area contributed by atoms with Gasteiger partial charge in [0.15, 0.2) is 0 Å². The molecule has 0 amide bonds. The van der Waals surface area contributed by atoms with Crippen molar-refractivity contribution in [3.63, 3.8) is 0 Å². The Hall–Kier alpha value is -0.0400. The van der Waals surface area contributed by atoms with Gasteiger partial charge in [-0.25, -0.2) is 0 Å². The first-order valence-electron chi connectivity index (χ1n) is 5.90. The van der Waals surface area contributed by atoms with Crippen LogP contribution < -0.4 is 5.32 Å². The standard InChI is InChI=1S/C12H27N/c1-5-8-12(4)13-10-7-6-9-11(2)3/h11-13H,5-10H2,1-4H3. The molecule has 0 radical (unpaired) electrons. The lowest BCUT2D eigenvalue weighted by Gasteiger charge is -2.12. The maximum absolute atomic E-state index is 3.56. The molecule has 80 valence electrons. The average molecular weight is 185 g/mol. The second-order valence-corrected chi connectivity index (χ2v) is 4.53. The first-order valence-corrected chi connectivity index (χ1v) is 5.90. The van der Waals surface area contributed by atoms with E-state index >= 15 is 0 Å². The van der Waals surface area contributed by atoms with Crippen molar-refractivity contribution in [2.75, 3.05) is 6.54 Å². The van der Waals surface area contributed by atoms with Crippen molar-refractivity contribution >= 4 is 0 Å². The van der Waals surface area contributed by atoms with E-state index in [4.69, 9.17) is 0 Å². The lowest BCUT2D eigenvalue weighted by molar-refractivity contribution is 0.473. The molecule has 13 heavy (non-hydrogen) atoms. The Kier molecular flexibility index (Phi) is 8.53. The van der Waals surface area contributed by atoms with E-state index in [1.165, 1.54) is 38.6 Å². The molecule has 1 N–H and O–H groups in total. The normalized spacial score (nSPS) is 13.6. The molecule has 0 fully saturated rings. The molecule has 0 aliphatic carbocycles. The largest absolute Gasteiger partial charge is 0.314 e. The number of nitrogens with one attached hydrogen (secondary N) is 1. The Morgan fingerprint density at radius 1 is 1.00 bits per heavy atom. The number of hydrogen-bond donors (Lipinski definition) is 1. The van der Waals surface area contributed by atoms with Gasteiger partial charge in [-0.3, -0.25) is 0 Å². The van der Waals surface area contributed by atoms with E-state index in [9.17, 15) is 0 Å². The predicted octanol–water partition coefficient (Wildman–Crippen LogP) is 3.59. The molecule has 0 spiro atoms. The molecule has 0 heterocycles. The molecule has 0 saturated carbocycles. The van der Waals surface area contributed by atoms with Gasteiger partial charge in [0.25, 0.3) is 0 Å². The van der Waals surface area contributed by atoms with Crippen molar-refractivity contribution in [2.24, 2.45) is 5.92 Å². The minimum Gasteiger partial charge on any atom is -0.314 e. The van der Waals surface area contributed by atoms with Gasteiger partial charge in [-0.1, -0.05) is 40.0 Å². The van der Waals surface area contributed by atoms with Crippen LogP contribution in [0, 0.1) is 5.92 Å². The van der Waals surface area contributed by atoms with Gasteiger partial charge in [-0.2, -0.15) is 0 Å². The summed E-state index contributed by atoms with van der Waals surface area (Å²) in [4.78, 5) is 0. The summed E-state index contributed by atoms with van der Waals surface area (Å²) in [7, 11) is 0. The SMILES string of the molecule is CCCC(C)NCCCCC(C)C. The zero-order valence-corrected chi connectivity index (χ0v) is 9.90. The summed E-state index contributed by atoms with van der Waals surface area (Å²) in [5, 5.41) is 3.56. The first kappa shape index (κ1) is 13.0. The van der Waals surface area contributed by atoms with Gasteiger partial charge in [0, 0.05) is 6.04 Å². The smallest absolute Gasteiger partial charge is 0.00386 e. The Labute approximate surface area is 84.3 Å². The van der Waals surface area contributed by atoms with Gasteiger partial charge in [0.2, 0.25) is 0 Å². The predicted molar refractivity (Wildman–Crippen MR) is 61.1 cm³/mol. The Balaban J connectivity index is 3.06. The molecule has 0 aromatic carbocycles. The lowest BCUT2D eigenvalue weighted by atomic mass is 10.1. The van der Waals surface area contributed by atoms with Crippen LogP contribution in [0.1, 0.15) is 59.8 Å². The van der Waals surface area contributed by atoms with E-state index < -0.39 is 0 Å². The molecular weight excluding hydrogens is 158 g/mol. The summed E-state index contributed by atoms with van der Waals surface area (Å²) >= 11 is 0. The fourth-order valence-corrected chi connectivity index (χ4v) is 1.56. The highest BCUT2D eigenvalue weighted by Gasteiger charge is 1.98. The average Bonchev–Trinajstić information content (AvgIpc) is 2.03. The van der Waals surface area contributed by atoms with Gasteiger partial charge in [-0.15, -0.1) is 0 Å². The minimum atomic E-state index is 0.712.